The number of amides is 2. The van der Waals surface area contributed by atoms with E-state index in [1.54, 1.807) is 0 Å². The Morgan fingerprint density at radius 1 is 0.917 bits per heavy atom. The van der Waals surface area contributed by atoms with Crippen LogP contribution in [0.2, 0.25) is 0 Å². The third-order valence-electron chi connectivity index (χ3n) is 4.80. The zero-order valence-electron chi connectivity index (χ0n) is 13.9. The van der Waals surface area contributed by atoms with Gasteiger partial charge in [0.25, 0.3) is 5.91 Å². The molecule has 0 bridgehead atoms. The molecule has 2 amide bonds. The fourth-order valence-electron chi connectivity index (χ4n) is 3.35. The Balaban J connectivity index is 1.48. The topological polar surface area (TPSA) is 43.9 Å². The minimum Gasteiger partial charge on any atom is -0.342 e. The minimum atomic E-state index is 0.0931. The molecule has 24 heavy (non-hydrogen) atoms. The zero-order valence-corrected chi connectivity index (χ0v) is 16.1. The molecule has 2 saturated heterocycles. The van der Waals surface area contributed by atoms with E-state index in [9.17, 15) is 9.59 Å². The molecule has 3 rings (SSSR count). The van der Waals surface area contributed by atoms with Crippen LogP contribution < -0.4 is 0 Å². The molecule has 1 aromatic rings. The first-order chi connectivity index (χ1) is 11.6. The standard InChI is InChI=1S/C18H24IN3O2/c19-16-6-4-5-15(13-16)18(24)22-11-9-20(10-12-22)14-17(23)21-7-2-1-3-8-21/h4-6,13H,1-3,7-12,14H2. The summed E-state index contributed by atoms with van der Waals surface area (Å²) >= 11 is 2.23. The van der Waals surface area contributed by atoms with Crippen LogP contribution in [0.25, 0.3) is 0 Å². The van der Waals surface area contributed by atoms with E-state index in [4.69, 9.17) is 0 Å². The van der Waals surface area contributed by atoms with Crippen LogP contribution in [0.4, 0.5) is 0 Å². The lowest BCUT2D eigenvalue weighted by Gasteiger charge is -2.36. The molecule has 2 aliphatic rings. The Kier molecular flexibility index (Phi) is 6.10. The van der Waals surface area contributed by atoms with Crippen molar-refractivity contribution in [2.45, 2.75) is 19.3 Å². The Bertz CT molecular complexity index is 594. The molecule has 2 fully saturated rings. The fraction of sp³-hybridized carbons (Fsp3) is 0.556. The number of nitrogens with zero attached hydrogens (tertiary/aromatic N) is 3. The molecule has 0 aromatic heterocycles. The number of likely N-dealkylation sites (tertiary alicyclic amines) is 1. The number of hydrogen-bond acceptors (Lipinski definition) is 3. The maximum Gasteiger partial charge on any atom is 0.253 e. The van der Waals surface area contributed by atoms with Crippen molar-refractivity contribution in [2.75, 3.05) is 45.8 Å². The summed E-state index contributed by atoms with van der Waals surface area (Å²) < 4.78 is 1.07. The molecule has 6 heteroatoms. The van der Waals surface area contributed by atoms with E-state index in [-0.39, 0.29) is 11.8 Å². The second kappa shape index (κ2) is 8.29. The summed E-state index contributed by atoms with van der Waals surface area (Å²) in [5.74, 6) is 0.336. The average molecular weight is 441 g/mol. The summed E-state index contributed by atoms with van der Waals surface area (Å²) in [4.78, 5) is 31.0. The molecule has 1 aromatic carbocycles. The molecule has 2 heterocycles. The van der Waals surface area contributed by atoms with Crippen molar-refractivity contribution in [1.29, 1.82) is 0 Å². The van der Waals surface area contributed by atoms with E-state index in [1.807, 2.05) is 34.1 Å². The van der Waals surface area contributed by atoms with Crippen molar-refractivity contribution < 1.29 is 9.59 Å². The second-order valence-corrected chi connectivity index (χ2v) is 7.77. The third kappa shape index (κ3) is 4.47. The molecule has 5 nitrogen and oxygen atoms in total. The number of piperazine rings is 1. The highest BCUT2D eigenvalue weighted by Gasteiger charge is 2.25. The van der Waals surface area contributed by atoms with Gasteiger partial charge in [-0.25, -0.2) is 0 Å². The van der Waals surface area contributed by atoms with Gasteiger partial charge in [0.15, 0.2) is 0 Å². The summed E-state index contributed by atoms with van der Waals surface area (Å²) in [5.41, 5.74) is 0.750. The van der Waals surface area contributed by atoms with Crippen molar-refractivity contribution >= 4 is 34.4 Å². The van der Waals surface area contributed by atoms with Crippen molar-refractivity contribution in [1.82, 2.24) is 14.7 Å². The lowest BCUT2D eigenvalue weighted by atomic mass is 10.1. The van der Waals surface area contributed by atoms with Gasteiger partial charge < -0.3 is 9.80 Å². The number of rotatable bonds is 3. The van der Waals surface area contributed by atoms with Gasteiger partial charge in [-0.3, -0.25) is 14.5 Å². The first-order valence-electron chi connectivity index (χ1n) is 8.68. The van der Waals surface area contributed by atoms with Crippen LogP contribution in [0.5, 0.6) is 0 Å². The average Bonchev–Trinajstić information content (AvgIpc) is 2.62. The van der Waals surface area contributed by atoms with Crippen molar-refractivity contribution in [3.05, 3.63) is 33.4 Å². The molecule has 0 unspecified atom stereocenters. The van der Waals surface area contributed by atoms with E-state index < -0.39 is 0 Å². The molecule has 0 N–H and O–H groups in total. The SMILES string of the molecule is O=C(CN1CCN(C(=O)c2cccc(I)c2)CC1)N1CCCCC1. The predicted molar refractivity (Wildman–Crippen MR) is 102 cm³/mol. The van der Waals surface area contributed by atoms with Crippen LogP contribution in [0, 0.1) is 3.57 Å². The Labute approximate surface area is 157 Å². The molecular formula is C18H24IN3O2. The first-order valence-corrected chi connectivity index (χ1v) is 9.76. The lowest BCUT2D eigenvalue weighted by molar-refractivity contribution is -0.133. The molecule has 2 aliphatic heterocycles. The maximum atomic E-state index is 12.6. The molecular weight excluding hydrogens is 417 g/mol. The monoisotopic (exact) mass is 441 g/mol. The maximum absolute atomic E-state index is 12.6. The van der Waals surface area contributed by atoms with Gasteiger partial charge in [0.05, 0.1) is 6.54 Å². The van der Waals surface area contributed by atoms with Crippen molar-refractivity contribution in [3.63, 3.8) is 0 Å². The van der Waals surface area contributed by atoms with Crippen molar-refractivity contribution in [2.24, 2.45) is 0 Å². The summed E-state index contributed by atoms with van der Waals surface area (Å²) in [5, 5.41) is 0. The highest BCUT2D eigenvalue weighted by molar-refractivity contribution is 14.1. The van der Waals surface area contributed by atoms with E-state index in [0.29, 0.717) is 19.6 Å². The number of benzene rings is 1. The Morgan fingerprint density at radius 2 is 1.62 bits per heavy atom. The second-order valence-electron chi connectivity index (χ2n) is 6.52. The molecule has 0 aliphatic carbocycles. The first kappa shape index (κ1) is 17.7. The highest BCUT2D eigenvalue weighted by atomic mass is 127. The molecule has 0 spiro atoms. The largest absolute Gasteiger partial charge is 0.342 e. The zero-order chi connectivity index (χ0) is 16.9. The molecule has 130 valence electrons. The number of carbonyl (C=O) groups excluding carboxylic acids is 2. The van der Waals surface area contributed by atoms with Crippen LogP contribution in [0.15, 0.2) is 24.3 Å². The van der Waals surface area contributed by atoms with Gasteiger partial charge >= 0.3 is 0 Å². The van der Waals surface area contributed by atoms with E-state index >= 15 is 0 Å². The van der Waals surface area contributed by atoms with Gasteiger partial charge in [-0.1, -0.05) is 6.07 Å². The van der Waals surface area contributed by atoms with Crippen LogP contribution in [0.1, 0.15) is 29.6 Å². The minimum absolute atomic E-state index is 0.0931. The summed E-state index contributed by atoms with van der Waals surface area (Å²) in [6.07, 6.45) is 3.50. The van der Waals surface area contributed by atoms with Crippen LogP contribution in [-0.4, -0.2) is 72.3 Å². The normalized spacial score (nSPS) is 19.4. The van der Waals surface area contributed by atoms with E-state index in [0.717, 1.165) is 48.2 Å². The number of hydrogen-bond donors (Lipinski definition) is 0. The van der Waals surface area contributed by atoms with Crippen LogP contribution in [-0.2, 0) is 4.79 Å². The van der Waals surface area contributed by atoms with Gasteiger partial charge in [0.1, 0.15) is 0 Å². The van der Waals surface area contributed by atoms with Gasteiger partial charge in [-0.15, -0.1) is 0 Å². The summed E-state index contributed by atoms with van der Waals surface area (Å²) in [6, 6.07) is 7.70. The Hall–Kier alpha value is -1.15. The van der Waals surface area contributed by atoms with Gasteiger partial charge in [0, 0.05) is 48.4 Å². The number of carbonyl (C=O) groups is 2. The van der Waals surface area contributed by atoms with Gasteiger partial charge in [-0.2, -0.15) is 0 Å². The summed E-state index contributed by atoms with van der Waals surface area (Å²) in [6.45, 7) is 5.23. The number of halogens is 1. The molecule has 0 radical (unpaired) electrons. The number of piperidine rings is 1. The highest BCUT2D eigenvalue weighted by Crippen LogP contribution is 2.13. The van der Waals surface area contributed by atoms with Crippen molar-refractivity contribution in [3.8, 4) is 0 Å². The smallest absolute Gasteiger partial charge is 0.253 e. The summed E-state index contributed by atoms with van der Waals surface area (Å²) in [7, 11) is 0. The van der Waals surface area contributed by atoms with Crippen LogP contribution in [0.3, 0.4) is 0 Å². The van der Waals surface area contributed by atoms with Gasteiger partial charge in [0.2, 0.25) is 5.91 Å². The van der Waals surface area contributed by atoms with E-state index in [2.05, 4.69) is 27.5 Å². The quantitative estimate of drug-likeness (QED) is 0.675. The molecule has 0 atom stereocenters. The van der Waals surface area contributed by atoms with E-state index in [1.165, 1.54) is 6.42 Å². The predicted octanol–water partition coefficient (Wildman–Crippen LogP) is 2.06. The lowest BCUT2D eigenvalue weighted by Crippen LogP contribution is -2.52. The van der Waals surface area contributed by atoms with Gasteiger partial charge in [-0.05, 0) is 60.1 Å². The Morgan fingerprint density at radius 3 is 2.29 bits per heavy atom. The fourth-order valence-corrected chi connectivity index (χ4v) is 3.89. The van der Waals surface area contributed by atoms with Crippen LogP contribution >= 0.6 is 22.6 Å². The molecule has 0 saturated carbocycles. The third-order valence-corrected chi connectivity index (χ3v) is 5.47.